The van der Waals surface area contributed by atoms with Crippen molar-refractivity contribution in [2.24, 2.45) is 0 Å². The molecule has 1 amide bonds. The Morgan fingerprint density at radius 2 is 1.83 bits per heavy atom. The molecule has 24 heavy (non-hydrogen) atoms. The zero-order chi connectivity index (χ0) is 15.5. The van der Waals surface area contributed by atoms with E-state index in [0.717, 1.165) is 23.4 Å². The van der Waals surface area contributed by atoms with Crippen LogP contribution in [0.5, 0.6) is 0 Å². The number of aromatic nitrogens is 2. The second kappa shape index (κ2) is 9.05. The van der Waals surface area contributed by atoms with Gasteiger partial charge in [0.1, 0.15) is 5.82 Å². The van der Waals surface area contributed by atoms with Crippen molar-refractivity contribution in [3.05, 3.63) is 46.8 Å². The monoisotopic (exact) mass is 433 g/mol. The zero-order valence-corrected chi connectivity index (χ0v) is 16.0. The summed E-state index contributed by atoms with van der Waals surface area (Å²) in [4.78, 5) is 24.9. The van der Waals surface area contributed by atoms with Crippen LogP contribution in [0.25, 0.3) is 0 Å². The van der Waals surface area contributed by atoms with E-state index in [1.54, 1.807) is 30.7 Å². The van der Waals surface area contributed by atoms with Crippen molar-refractivity contribution in [2.75, 3.05) is 36.8 Å². The lowest BCUT2D eigenvalue weighted by Crippen LogP contribution is -2.49. The summed E-state index contributed by atoms with van der Waals surface area (Å²) in [5.74, 6) is 0.821. The highest BCUT2D eigenvalue weighted by molar-refractivity contribution is 9.10. The average Bonchev–Trinajstić information content (AvgIpc) is 2.55. The molecule has 0 unspecified atom stereocenters. The molecule has 2 aromatic rings. The van der Waals surface area contributed by atoms with Gasteiger partial charge in [-0.15, -0.1) is 24.8 Å². The number of hydrogen-bond donors (Lipinski definition) is 1. The van der Waals surface area contributed by atoms with Crippen molar-refractivity contribution in [3.8, 4) is 0 Å². The third-order valence-corrected chi connectivity index (χ3v) is 4.18. The normalized spacial score (nSPS) is 13.7. The lowest BCUT2D eigenvalue weighted by atomic mass is 10.1. The minimum Gasteiger partial charge on any atom is -0.398 e. The second-order valence-electron chi connectivity index (χ2n) is 5.07. The fraction of sp³-hybridized carbons (Fsp3) is 0.267. The molecular formula is C15H18BrCl2N5O. The van der Waals surface area contributed by atoms with Crippen molar-refractivity contribution in [1.29, 1.82) is 0 Å². The number of nitrogen functional groups attached to an aromatic ring is 1. The molecule has 0 bridgehead atoms. The maximum absolute atomic E-state index is 12.6. The van der Waals surface area contributed by atoms with Crippen molar-refractivity contribution in [3.63, 3.8) is 0 Å². The molecule has 0 aliphatic carbocycles. The molecule has 1 fully saturated rings. The third-order valence-electron chi connectivity index (χ3n) is 3.68. The van der Waals surface area contributed by atoms with E-state index in [2.05, 4.69) is 30.8 Å². The van der Waals surface area contributed by atoms with Gasteiger partial charge in [-0.2, -0.15) is 0 Å². The summed E-state index contributed by atoms with van der Waals surface area (Å²) < 4.78 is 0.869. The number of carbonyl (C=O) groups excluding carboxylic acids is 1. The van der Waals surface area contributed by atoms with E-state index >= 15 is 0 Å². The van der Waals surface area contributed by atoms with E-state index < -0.39 is 0 Å². The zero-order valence-electron chi connectivity index (χ0n) is 12.8. The van der Waals surface area contributed by atoms with E-state index in [1.165, 1.54) is 0 Å². The molecule has 1 aromatic heterocycles. The van der Waals surface area contributed by atoms with Gasteiger partial charge in [0.15, 0.2) is 0 Å². The summed E-state index contributed by atoms with van der Waals surface area (Å²) >= 11 is 3.35. The van der Waals surface area contributed by atoms with E-state index in [4.69, 9.17) is 5.73 Å². The van der Waals surface area contributed by atoms with Gasteiger partial charge in [-0.1, -0.05) is 15.9 Å². The van der Waals surface area contributed by atoms with Gasteiger partial charge in [-0.05, 0) is 18.2 Å². The Bertz CT molecular complexity index is 681. The number of piperazine rings is 1. The lowest BCUT2D eigenvalue weighted by Gasteiger charge is -2.35. The quantitative estimate of drug-likeness (QED) is 0.735. The molecule has 1 aliphatic heterocycles. The Kier molecular flexibility index (Phi) is 7.72. The number of amides is 1. The van der Waals surface area contributed by atoms with Crippen LogP contribution in [0.4, 0.5) is 11.5 Å². The predicted octanol–water partition coefficient (Wildman–Crippen LogP) is 2.63. The van der Waals surface area contributed by atoms with E-state index in [-0.39, 0.29) is 30.7 Å². The molecule has 1 saturated heterocycles. The predicted molar refractivity (Wildman–Crippen MR) is 103 cm³/mol. The summed E-state index contributed by atoms with van der Waals surface area (Å²) in [5.41, 5.74) is 6.99. The molecule has 6 nitrogen and oxygen atoms in total. The Balaban J connectivity index is 0.00000144. The summed E-state index contributed by atoms with van der Waals surface area (Å²) in [7, 11) is 0. The molecule has 3 rings (SSSR count). The first-order chi connectivity index (χ1) is 10.6. The fourth-order valence-electron chi connectivity index (χ4n) is 2.49. The molecule has 9 heteroatoms. The van der Waals surface area contributed by atoms with Gasteiger partial charge < -0.3 is 15.5 Å². The summed E-state index contributed by atoms with van der Waals surface area (Å²) in [6.45, 7) is 2.76. The van der Waals surface area contributed by atoms with Crippen LogP contribution in [0, 0.1) is 0 Å². The molecule has 2 heterocycles. The van der Waals surface area contributed by atoms with Crippen molar-refractivity contribution in [1.82, 2.24) is 14.9 Å². The molecular weight excluding hydrogens is 417 g/mol. The number of anilines is 2. The Hall–Kier alpha value is -1.57. The number of rotatable bonds is 2. The Morgan fingerprint density at radius 3 is 2.42 bits per heavy atom. The van der Waals surface area contributed by atoms with Gasteiger partial charge >= 0.3 is 0 Å². The number of hydrogen-bond acceptors (Lipinski definition) is 5. The van der Waals surface area contributed by atoms with Gasteiger partial charge in [0.05, 0.1) is 11.8 Å². The first-order valence-corrected chi connectivity index (χ1v) is 7.80. The highest BCUT2D eigenvalue weighted by atomic mass is 79.9. The van der Waals surface area contributed by atoms with Crippen molar-refractivity contribution in [2.45, 2.75) is 0 Å². The van der Waals surface area contributed by atoms with Crippen LogP contribution in [-0.4, -0.2) is 47.0 Å². The maximum Gasteiger partial charge on any atom is 0.256 e. The van der Waals surface area contributed by atoms with Gasteiger partial charge in [0.2, 0.25) is 0 Å². The van der Waals surface area contributed by atoms with Crippen LogP contribution in [0.2, 0.25) is 0 Å². The number of nitrogens with zero attached hydrogens (tertiary/aromatic N) is 4. The molecule has 0 atom stereocenters. The molecule has 2 N–H and O–H groups in total. The van der Waals surface area contributed by atoms with Crippen LogP contribution < -0.4 is 10.6 Å². The van der Waals surface area contributed by atoms with Crippen molar-refractivity contribution >= 4 is 58.2 Å². The summed E-state index contributed by atoms with van der Waals surface area (Å²) in [5, 5.41) is 0. The highest BCUT2D eigenvalue weighted by Gasteiger charge is 2.24. The summed E-state index contributed by atoms with van der Waals surface area (Å²) in [6, 6.07) is 5.35. The molecule has 0 spiro atoms. The largest absolute Gasteiger partial charge is 0.398 e. The van der Waals surface area contributed by atoms with Gasteiger partial charge in [-0.25, -0.2) is 4.98 Å². The topological polar surface area (TPSA) is 75.4 Å². The van der Waals surface area contributed by atoms with Gasteiger partial charge in [-0.3, -0.25) is 9.78 Å². The molecule has 130 valence electrons. The molecule has 1 aliphatic rings. The molecule has 1 aromatic carbocycles. The number of nitrogens with two attached hydrogens (primary N) is 1. The van der Waals surface area contributed by atoms with Crippen LogP contribution >= 0.6 is 40.7 Å². The standard InChI is InChI=1S/C15H16BrN5O.2ClH/c16-11-1-2-12(13(17)9-11)15(22)21-7-5-20(6-8-21)14-10-18-3-4-19-14;;/h1-4,9-10H,5-8,17H2;2*1H. The Labute approximate surface area is 161 Å². The molecule has 0 radical (unpaired) electrons. The van der Waals surface area contributed by atoms with Crippen LogP contribution in [0.3, 0.4) is 0 Å². The highest BCUT2D eigenvalue weighted by Crippen LogP contribution is 2.21. The smallest absolute Gasteiger partial charge is 0.256 e. The van der Waals surface area contributed by atoms with Crippen molar-refractivity contribution < 1.29 is 4.79 Å². The van der Waals surface area contributed by atoms with E-state index in [0.29, 0.717) is 24.3 Å². The SMILES string of the molecule is Cl.Cl.Nc1cc(Br)ccc1C(=O)N1CCN(c2cnccn2)CC1. The first-order valence-electron chi connectivity index (χ1n) is 7.00. The summed E-state index contributed by atoms with van der Waals surface area (Å²) in [6.07, 6.45) is 5.07. The minimum atomic E-state index is -0.0243. The minimum absolute atomic E-state index is 0. The van der Waals surface area contributed by atoms with Gasteiger partial charge in [0.25, 0.3) is 5.91 Å². The van der Waals surface area contributed by atoms with Gasteiger partial charge in [0, 0.05) is 48.7 Å². The number of halogens is 3. The maximum atomic E-state index is 12.6. The first kappa shape index (κ1) is 20.5. The van der Waals surface area contributed by atoms with Crippen LogP contribution in [0.15, 0.2) is 41.3 Å². The fourth-order valence-corrected chi connectivity index (χ4v) is 2.87. The number of carbonyl (C=O) groups is 1. The Morgan fingerprint density at radius 1 is 1.12 bits per heavy atom. The van der Waals surface area contributed by atoms with E-state index in [1.807, 2.05) is 11.0 Å². The molecule has 0 saturated carbocycles. The van der Waals surface area contributed by atoms with Crippen LogP contribution in [0.1, 0.15) is 10.4 Å². The van der Waals surface area contributed by atoms with Crippen LogP contribution in [-0.2, 0) is 0 Å². The average molecular weight is 435 g/mol. The third kappa shape index (κ3) is 4.49. The van der Waals surface area contributed by atoms with E-state index in [9.17, 15) is 4.79 Å². The number of benzene rings is 1. The lowest BCUT2D eigenvalue weighted by molar-refractivity contribution is 0.0747. The second-order valence-corrected chi connectivity index (χ2v) is 5.99.